The van der Waals surface area contributed by atoms with Crippen LogP contribution < -0.4 is 15.0 Å². The van der Waals surface area contributed by atoms with Crippen molar-refractivity contribution in [1.29, 1.82) is 0 Å². The topological polar surface area (TPSA) is 102 Å². The number of aliphatic hydroxyl groups is 1. The van der Waals surface area contributed by atoms with Gasteiger partial charge in [0.1, 0.15) is 12.4 Å². The molecule has 0 radical (unpaired) electrons. The molecule has 2 N–H and O–H groups in total. The number of aryl methyl sites for hydroxylation is 1. The SMILES string of the molecule is COc1cc2c(=O)[nH]c(C)nc2cc1OCCC(=O)CO. The van der Waals surface area contributed by atoms with E-state index < -0.39 is 6.61 Å². The summed E-state index contributed by atoms with van der Waals surface area (Å²) < 4.78 is 10.7. The molecule has 0 fully saturated rings. The lowest BCUT2D eigenvalue weighted by Gasteiger charge is -2.11. The van der Waals surface area contributed by atoms with Gasteiger partial charge in [-0.1, -0.05) is 0 Å². The average Bonchev–Trinajstić information content (AvgIpc) is 2.46. The molecule has 0 aliphatic heterocycles. The maximum absolute atomic E-state index is 11.9. The fraction of sp³-hybridized carbons (Fsp3) is 0.357. The van der Waals surface area contributed by atoms with Gasteiger partial charge >= 0.3 is 0 Å². The first-order valence-corrected chi connectivity index (χ1v) is 6.39. The number of carbonyl (C=O) groups excluding carboxylic acids is 1. The van der Waals surface area contributed by atoms with E-state index in [2.05, 4.69) is 9.97 Å². The highest BCUT2D eigenvalue weighted by Crippen LogP contribution is 2.30. The predicted molar refractivity (Wildman–Crippen MR) is 75.9 cm³/mol. The molecular formula is C14H16N2O5. The summed E-state index contributed by atoms with van der Waals surface area (Å²) in [6.45, 7) is 1.29. The van der Waals surface area contributed by atoms with Crippen molar-refractivity contribution < 1.29 is 19.4 Å². The number of nitrogens with zero attached hydrogens (tertiary/aromatic N) is 1. The zero-order chi connectivity index (χ0) is 15.4. The maximum Gasteiger partial charge on any atom is 0.258 e. The Kier molecular flexibility index (Phi) is 4.54. The molecule has 0 aliphatic rings. The molecule has 21 heavy (non-hydrogen) atoms. The van der Waals surface area contributed by atoms with E-state index in [-0.39, 0.29) is 24.4 Å². The van der Waals surface area contributed by atoms with E-state index in [4.69, 9.17) is 14.6 Å². The van der Waals surface area contributed by atoms with Gasteiger partial charge in [-0.15, -0.1) is 0 Å². The molecule has 0 spiro atoms. The number of aromatic nitrogens is 2. The van der Waals surface area contributed by atoms with Gasteiger partial charge in [-0.05, 0) is 13.0 Å². The quantitative estimate of drug-likeness (QED) is 0.807. The van der Waals surface area contributed by atoms with Crippen LogP contribution in [0.25, 0.3) is 10.9 Å². The molecule has 1 aromatic carbocycles. The molecule has 7 nitrogen and oxygen atoms in total. The Morgan fingerprint density at radius 2 is 2.14 bits per heavy atom. The van der Waals surface area contributed by atoms with Gasteiger partial charge in [0.05, 0.1) is 24.6 Å². The lowest BCUT2D eigenvalue weighted by Crippen LogP contribution is -2.12. The van der Waals surface area contributed by atoms with E-state index in [0.717, 1.165) is 0 Å². The highest BCUT2D eigenvalue weighted by Gasteiger charge is 2.11. The van der Waals surface area contributed by atoms with Crippen molar-refractivity contribution in [3.8, 4) is 11.5 Å². The second-order valence-electron chi connectivity index (χ2n) is 4.47. The number of Topliss-reactive ketones (excluding diaryl/α,β-unsaturated/α-hetero) is 1. The third-order valence-electron chi connectivity index (χ3n) is 2.92. The third kappa shape index (κ3) is 3.38. The molecule has 0 aliphatic carbocycles. The van der Waals surface area contributed by atoms with E-state index in [0.29, 0.717) is 28.2 Å². The molecule has 1 aromatic heterocycles. The number of H-pyrrole nitrogens is 1. The standard InChI is InChI=1S/C14H16N2O5/c1-8-15-11-6-13(21-4-3-9(18)7-17)12(20-2)5-10(11)14(19)16-8/h5-6,17H,3-4,7H2,1-2H3,(H,15,16,19). The van der Waals surface area contributed by atoms with Crippen molar-refractivity contribution in [3.05, 3.63) is 28.3 Å². The molecule has 2 rings (SSSR count). The molecule has 0 unspecified atom stereocenters. The number of nitrogens with one attached hydrogen (secondary N) is 1. The van der Waals surface area contributed by atoms with E-state index in [9.17, 15) is 9.59 Å². The Labute approximate surface area is 120 Å². The van der Waals surface area contributed by atoms with Crippen molar-refractivity contribution in [3.63, 3.8) is 0 Å². The maximum atomic E-state index is 11.9. The number of rotatable bonds is 6. The van der Waals surface area contributed by atoms with Crippen LogP contribution in [0.1, 0.15) is 12.2 Å². The molecule has 0 bridgehead atoms. The molecule has 1 heterocycles. The summed E-state index contributed by atoms with van der Waals surface area (Å²) >= 11 is 0. The number of fused-ring (bicyclic) bond motifs is 1. The molecule has 2 aromatic rings. The molecule has 7 heteroatoms. The molecule has 112 valence electrons. The van der Waals surface area contributed by atoms with Crippen LogP contribution in [0.5, 0.6) is 11.5 Å². The first-order chi connectivity index (χ1) is 10.0. The second-order valence-corrected chi connectivity index (χ2v) is 4.47. The summed E-state index contributed by atoms with van der Waals surface area (Å²) in [5.41, 5.74) is 0.235. The summed E-state index contributed by atoms with van der Waals surface area (Å²) in [6, 6.07) is 3.14. The minimum Gasteiger partial charge on any atom is -0.493 e. The molecular weight excluding hydrogens is 276 g/mol. The number of hydrogen-bond acceptors (Lipinski definition) is 6. The van der Waals surface area contributed by atoms with Crippen molar-refractivity contribution in [2.24, 2.45) is 0 Å². The molecule has 0 atom stereocenters. The van der Waals surface area contributed by atoms with Crippen LogP contribution in [0, 0.1) is 6.92 Å². The van der Waals surface area contributed by atoms with Gasteiger partial charge in [-0.3, -0.25) is 9.59 Å². The Bertz CT molecular complexity index is 723. The summed E-state index contributed by atoms with van der Waals surface area (Å²) in [7, 11) is 1.46. The monoisotopic (exact) mass is 292 g/mol. The minimum atomic E-state index is -0.506. The smallest absolute Gasteiger partial charge is 0.258 e. The zero-order valence-corrected chi connectivity index (χ0v) is 11.8. The Morgan fingerprint density at radius 3 is 2.81 bits per heavy atom. The van der Waals surface area contributed by atoms with Gasteiger partial charge in [0.25, 0.3) is 5.56 Å². The number of methoxy groups -OCH3 is 1. The summed E-state index contributed by atoms with van der Waals surface area (Å²) in [5.74, 6) is 0.975. The fourth-order valence-corrected chi connectivity index (χ4v) is 1.89. The first kappa shape index (κ1) is 15.0. The van der Waals surface area contributed by atoms with Gasteiger partial charge in [0, 0.05) is 12.5 Å². The van der Waals surface area contributed by atoms with E-state index in [1.54, 1.807) is 19.1 Å². The number of benzene rings is 1. The molecule has 0 saturated carbocycles. The Morgan fingerprint density at radius 1 is 1.38 bits per heavy atom. The van der Waals surface area contributed by atoms with Crippen LogP contribution in [0.3, 0.4) is 0 Å². The highest BCUT2D eigenvalue weighted by molar-refractivity contribution is 5.82. The molecule has 0 saturated heterocycles. The normalized spacial score (nSPS) is 10.6. The van der Waals surface area contributed by atoms with Gasteiger partial charge in [-0.2, -0.15) is 0 Å². The fourth-order valence-electron chi connectivity index (χ4n) is 1.89. The van der Waals surface area contributed by atoms with Crippen molar-refractivity contribution in [2.75, 3.05) is 20.3 Å². The van der Waals surface area contributed by atoms with E-state index in [1.807, 2.05) is 0 Å². The first-order valence-electron chi connectivity index (χ1n) is 6.39. The van der Waals surface area contributed by atoms with Crippen LogP contribution in [-0.4, -0.2) is 41.2 Å². The highest BCUT2D eigenvalue weighted by atomic mass is 16.5. The van der Waals surface area contributed by atoms with Gasteiger partial charge < -0.3 is 19.6 Å². The number of aromatic amines is 1. The van der Waals surface area contributed by atoms with Crippen LogP contribution in [0.4, 0.5) is 0 Å². The predicted octanol–water partition coefficient (Wildman–Crippen LogP) is 0.570. The Balaban J connectivity index is 2.34. The number of hydrogen-bond donors (Lipinski definition) is 2. The number of carbonyl (C=O) groups is 1. The lowest BCUT2D eigenvalue weighted by molar-refractivity contribution is -0.122. The zero-order valence-electron chi connectivity index (χ0n) is 11.8. The summed E-state index contributed by atoms with van der Waals surface area (Å²) in [5, 5.41) is 9.06. The van der Waals surface area contributed by atoms with Crippen LogP contribution >= 0.6 is 0 Å². The lowest BCUT2D eigenvalue weighted by atomic mass is 10.2. The molecule has 0 amide bonds. The van der Waals surface area contributed by atoms with Crippen molar-refractivity contribution in [1.82, 2.24) is 9.97 Å². The number of ketones is 1. The van der Waals surface area contributed by atoms with Crippen LogP contribution in [0.2, 0.25) is 0 Å². The summed E-state index contributed by atoms with van der Waals surface area (Å²) in [4.78, 5) is 29.7. The minimum absolute atomic E-state index is 0.0967. The van der Waals surface area contributed by atoms with E-state index >= 15 is 0 Å². The van der Waals surface area contributed by atoms with E-state index in [1.165, 1.54) is 7.11 Å². The number of aliphatic hydroxyl groups excluding tert-OH is 1. The second kappa shape index (κ2) is 6.36. The largest absolute Gasteiger partial charge is 0.493 e. The van der Waals surface area contributed by atoms with Gasteiger partial charge in [-0.25, -0.2) is 4.98 Å². The van der Waals surface area contributed by atoms with Crippen LogP contribution in [-0.2, 0) is 4.79 Å². The van der Waals surface area contributed by atoms with Crippen molar-refractivity contribution >= 4 is 16.7 Å². The van der Waals surface area contributed by atoms with Gasteiger partial charge in [0.2, 0.25) is 0 Å². The number of ether oxygens (including phenoxy) is 2. The van der Waals surface area contributed by atoms with Crippen molar-refractivity contribution in [2.45, 2.75) is 13.3 Å². The van der Waals surface area contributed by atoms with Gasteiger partial charge in [0.15, 0.2) is 17.3 Å². The summed E-state index contributed by atoms with van der Waals surface area (Å²) in [6.07, 6.45) is 0.0967. The third-order valence-corrected chi connectivity index (χ3v) is 2.92. The van der Waals surface area contributed by atoms with Crippen LogP contribution in [0.15, 0.2) is 16.9 Å². The average molecular weight is 292 g/mol. The Hall–Kier alpha value is -2.41.